The van der Waals surface area contributed by atoms with Crippen molar-refractivity contribution in [1.82, 2.24) is 4.90 Å². The number of hydrogen-bond donors (Lipinski definition) is 1. The van der Waals surface area contributed by atoms with Gasteiger partial charge in [0.1, 0.15) is 5.00 Å². The molecule has 0 aliphatic rings. The minimum atomic E-state index is -0.611. The van der Waals surface area contributed by atoms with Crippen LogP contribution in [-0.4, -0.2) is 42.4 Å². The number of hydrogen-bond acceptors (Lipinski definition) is 5. The van der Waals surface area contributed by atoms with E-state index in [1.807, 2.05) is 13.8 Å². The predicted molar refractivity (Wildman–Crippen MR) is 117 cm³/mol. The molecule has 0 radical (unpaired) electrons. The smallest absolute Gasteiger partial charge is 0.341 e. The van der Waals surface area contributed by atoms with Crippen LogP contribution in [0.2, 0.25) is 10.0 Å². The van der Waals surface area contributed by atoms with Gasteiger partial charge in [0.25, 0.3) is 11.8 Å². The fraction of sp³-hybridized carbons (Fsp3) is 0.350. The quantitative estimate of drug-likeness (QED) is 0.575. The number of carbonyl (C=O) groups excluding carboxylic acids is 3. The summed E-state index contributed by atoms with van der Waals surface area (Å²) in [6.45, 7) is 8.31. The lowest BCUT2D eigenvalue weighted by molar-refractivity contribution is 0.0527. The normalized spacial score (nSPS) is 10.6. The third-order valence-corrected chi connectivity index (χ3v) is 6.11. The number of carbonyl (C=O) groups is 3. The number of ether oxygens (including phenoxy) is 1. The average molecular weight is 457 g/mol. The molecule has 0 unspecified atom stereocenters. The Labute approximate surface area is 183 Å². The monoisotopic (exact) mass is 456 g/mol. The van der Waals surface area contributed by atoms with Crippen molar-refractivity contribution in [2.45, 2.75) is 27.7 Å². The second kappa shape index (κ2) is 10.1. The highest BCUT2D eigenvalue weighted by molar-refractivity contribution is 7.18. The number of nitrogens with one attached hydrogen (secondary N) is 1. The lowest BCUT2D eigenvalue weighted by Crippen LogP contribution is -2.30. The third kappa shape index (κ3) is 4.91. The molecule has 0 saturated carbocycles. The molecule has 0 saturated heterocycles. The van der Waals surface area contributed by atoms with Crippen molar-refractivity contribution in [2.24, 2.45) is 0 Å². The summed E-state index contributed by atoms with van der Waals surface area (Å²) in [4.78, 5) is 40.2. The van der Waals surface area contributed by atoms with Crippen LogP contribution in [0.3, 0.4) is 0 Å². The lowest BCUT2D eigenvalue weighted by atomic mass is 10.1. The molecule has 1 N–H and O–H groups in total. The molecule has 0 fully saturated rings. The Bertz CT molecular complexity index is 919. The minimum Gasteiger partial charge on any atom is -0.462 e. The summed E-state index contributed by atoms with van der Waals surface area (Å²) in [5, 5.41) is 3.26. The Kier molecular flexibility index (Phi) is 8.07. The average Bonchev–Trinajstić information content (AvgIpc) is 2.98. The SMILES string of the molecule is CCOC(=O)c1c(NC(=O)c2c(Cl)cccc2Cl)sc(C(=O)N(CC)CC)c1C. The molecule has 9 heteroatoms. The maximum Gasteiger partial charge on any atom is 0.341 e. The van der Waals surface area contributed by atoms with Gasteiger partial charge in [-0.25, -0.2) is 4.79 Å². The number of amides is 2. The molecule has 0 atom stereocenters. The van der Waals surface area contributed by atoms with E-state index in [1.165, 1.54) is 0 Å². The van der Waals surface area contributed by atoms with Crippen LogP contribution in [0.25, 0.3) is 0 Å². The van der Waals surface area contributed by atoms with Gasteiger partial charge in [-0.3, -0.25) is 9.59 Å². The zero-order valence-corrected chi connectivity index (χ0v) is 18.9. The van der Waals surface area contributed by atoms with E-state index in [0.717, 1.165) is 11.3 Å². The fourth-order valence-corrected chi connectivity index (χ4v) is 4.52. The molecule has 6 nitrogen and oxygen atoms in total. The summed E-state index contributed by atoms with van der Waals surface area (Å²) in [5.74, 6) is -1.39. The van der Waals surface area contributed by atoms with Gasteiger partial charge >= 0.3 is 5.97 Å². The van der Waals surface area contributed by atoms with Crippen LogP contribution in [0.5, 0.6) is 0 Å². The van der Waals surface area contributed by atoms with Gasteiger partial charge in [-0.15, -0.1) is 11.3 Å². The van der Waals surface area contributed by atoms with E-state index in [2.05, 4.69) is 5.32 Å². The summed E-state index contributed by atoms with van der Waals surface area (Å²) in [7, 11) is 0. The molecule has 2 rings (SSSR count). The van der Waals surface area contributed by atoms with Crippen LogP contribution in [0, 0.1) is 6.92 Å². The van der Waals surface area contributed by atoms with Crippen molar-refractivity contribution in [3.8, 4) is 0 Å². The third-order valence-electron chi connectivity index (χ3n) is 4.29. The molecule has 1 heterocycles. The number of benzene rings is 1. The van der Waals surface area contributed by atoms with Gasteiger partial charge < -0.3 is 15.0 Å². The summed E-state index contributed by atoms with van der Waals surface area (Å²) >= 11 is 13.3. The molecule has 1 aromatic heterocycles. The van der Waals surface area contributed by atoms with Crippen molar-refractivity contribution in [1.29, 1.82) is 0 Å². The zero-order chi connectivity index (χ0) is 21.7. The summed E-state index contributed by atoms with van der Waals surface area (Å²) in [5.41, 5.74) is 0.711. The fourth-order valence-electron chi connectivity index (χ4n) is 2.79. The number of anilines is 1. The molecule has 2 aromatic rings. The maximum atomic E-state index is 12.9. The highest BCUT2D eigenvalue weighted by Gasteiger charge is 2.29. The second-order valence-corrected chi connectivity index (χ2v) is 7.84. The summed E-state index contributed by atoms with van der Waals surface area (Å²) in [6, 6.07) is 4.72. The van der Waals surface area contributed by atoms with E-state index in [0.29, 0.717) is 23.5 Å². The van der Waals surface area contributed by atoms with Gasteiger partial charge in [0, 0.05) is 13.1 Å². The topological polar surface area (TPSA) is 75.7 Å². The van der Waals surface area contributed by atoms with Crippen molar-refractivity contribution < 1.29 is 19.1 Å². The Morgan fingerprint density at radius 2 is 1.66 bits per heavy atom. The largest absolute Gasteiger partial charge is 0.462 e. The van der Waals surface area contributed by atoms with Crippen LogP contribution in [0.15, 0.2) is 18.2 Å². The van der Waals surface area contributed by atoms with Crippen LogP contribution in [-0.2, 0) is 4.74 Å². The Morgan fingerprint density at radius 1 is 1.07 bits per heavy atom. The highest BCUT2D eigenvalue weighted by Crippen LogP contribution is 2.36. The van der Waals surface area contributed by atoms with Crippen LogP contribution in [0.1, 0.15) is 56.7 Å². The lowest BCUT2D eigenvalue weighted by Gasteiger charge is -2.18. The van der Waals surface area contributed by atoms with E-state index in [-0.39, 0.29) is 38.7 Å². The van der Waals surface area contributed by atoms with Gasteiger partial charge in [0.05, 0.1) is 32.7 Å². The second-order valence-electron chi connectivity index (χ2n) is 6.01. The van der Waals surface area contributed by atoms with Crippen LogP contribution >= 0.6 is 34.5 Å². The van der Waals surface area contributed by atoms with Gasteiger partial charge in [-0.2, -0.15) is 0 Å². The van der Waals surface area contributed by atoms with Crippen molar-refractivity contribution in [3.05, 3.63) is 49.8 Å². The van der Waals surface area contributed by atoms with Crippen molar-refractivity contribution in [2.75, 3.05) is 25.0 Å². The Morgan fingerprint density at radius 3 is 2.17 bits per heavy atom. The molecule has 1 aromatic carbocycles. The van der Waals surface area contributed by atoms with E-state index < -0.39 is 11.9 Å². The molecule has 29 heavy (non-hydrogen) atoms. The number of nitrogens with zero attached hydrogens (tertiary/aromatic N) is 1. The molecule has 0 aliphatic heterocycles. The van der Waals surface area contributed by atoms with Crippen molar-refractivity contribution >= 4 is 57.3 Å². The van der Waals surface area contributed by atoms with E-state index >= 15 is 0 Å². The van der Waals surface area contributed by atoms with E-state index in [9.17, 15) is 14.4 Å². The van der Waals surface area contributed by atoms with Gasteiger partial charge in [-0.1, -0.05) is 29.3 Å². The van der Waals surface area contributed by atoms with Crippen LogP contribution in [0.4, 0.5) is 5.00 Å². The first-order valence-electron chi connectivity index (χ1n) is 9.11. The molecular weight excluding hydrogens is 435 g/mol. The summed E-state index contributed by atoms with van der Waals surface area (Å²) < 4.78 is 5.13. The number of thiophene rings is 1. The number of rotatable bonds is 7. The molecule has 2 amide bonds. The van der Waals surface area contributed by atoms with Gasteiger partial charge in [-0.05, 0) is 45.4 Å². The standard InChI is InChI=1S/C20H22Cl2N2O4S/c1-5-24(6-2)19(26)16-11(4)14(20(27)28-7-3)18(29-16)23-17(25)15-12(21)9-8-10-13(15)22/h8-10H,5-7H2,1-4H3,(H,23,25). The predicted octanol–water partition coefficient (Wildman–Crippen LogP) is 5.27. The van der Waals surface area contributed by atoms with E-state index in [4.69, 9.17) is 27.9 Å². The molecule has 156 valence electrons. The molecule has 0 bridgehead atoms. The summed E-state index contributed by atoms with van der Waals surface area (Å²) in [6.07, 6.45) is 0. The Hall–Kier alpha value is -2.09. The zero-order valence-electron chi connectivity index (χ0n) is 16.6. The molecule has 0 aliphatic carbocycles. The maximum absolute atomic E-state index is 12.9. The number of halogens is 2. The molecular formula is C20H22Cl2N2O4S. The number of esters is 1. The minimum absolute atomic E-state index is 0.0910. The highest BCUT2D eigenvalue weighted by atomic mass is 35.5. The first-order valence-corrected chi connectivity index (χ1v) is 10.7. The first-order chi connectivity index (χ1) is 13.8. The van der Waals surface area contributed by atoms with Gasteiger partial charge in [0.15, 0.2) is 0 Å². The van der Waals surface area contributed by atoms with E-state index in [1.54, 1.807) is 36.9 Å². The van der Waals surface area contributed by atoms with Crippen LogP contribution < -0.4 is 5.32 Å². The van der Waals surface area contributed by atoms with Gasteiger partial charge in [0.2, 0.25) is 0 Å². The molecule has 0 spiro atoms. The Balaban J connectivity index is 2.52. The van der Waals surface area contributed by atoms with Crippen molar-refractivity contribution in [3.63, 3.8) is 0 Å². The first kappa shape index (κ1) is 23.2.